The van der Waals surface area contributed by atoms with Crippen molar-refractivity contribution in [3.63, 3.8) is 0 Å². The van der Waals surface area contributed by atoms with Crippen molar-refractivity contribution in [3.8, 4) is 0 Å². The Morgan fingerprint density at radius 2 is 1.39 bits per heavy atom. The molecule has 0 saturated carbocycles. The largest absolute Gasteiger partial charge is 0.378 e. The van der Waals surface area contributed by atoms with Gasteiger partial charge in [0.1, 0.15) is 0 Å². The molecule has 0 amide bonds. The maximum absolute atomic E-state index is 4.35. The number of benzene rings is 2. The molecule has 1 atom stereocenters. The van der Waals surface area contributed by atoms with E-state index in [1.54, 1.807) is 0 Å². The van der Waals surface area contributed by atoms with Crippen LogP contribution >= 0.6 is 0 Å². The van der Waals surface area contributed by atoms with E-state index in [1.165, 1.54) is 68.6 Å². The smallest absolute Gasteiger partial charge is 0.0364 e. The van der Waals surface area contributed by atoms with E-state index in [1.807, 2.05) is 39.8 Å². The molecule has 0 aliphatic heterocycles. The summed E-state index contributed by atoms with van der Waals surface area (Å²) in [6, 6.07) is 13.5. The third kappa shape index (κ3) is 13.3. The van der Waals surface area contributed by atoms with Crippen LogP contribution in [0.1, 0.15) is 143 Å². The summed E-state index contributed by atoms with van der Waals surface area (Å²) in [5.74, 6) is 0.391. The Balaban J connectivity index is 0. The van der Waals surface area contributed by atoms with E-state index in [4.69, 9.17) is 0 Å². The van der Waals surface area contributed by atoms with Gasteiger partial charge in [-0.1, -0.05) is 139 Å². The van der Waals surface area contributed by atoms with Gasteiger partial charge in [0, 0.05) is 25.7 Å². The van der Waals surface area contributed by atoms with Gasteiger partial charge in [0.25, 0.3) is 0 Å². The number of anilines is 1. The molecule has 2 aromatic carbocycles. The molecule has 44 heavy (non-hydrogen) atoms. The predicted octanol–water partition coefficient (Wildman–Crippen LogP) is 14.0. The maximum atomic E-state index is 4.35. The van der Waals surface area contributed by atoms with Gasteiger partial charge in [0.2, 0.25) is 0 Å². The average molecular weight is 600 g/mol. The molecule has 2 aliphatic carbocycles. The third-order valence-corrected chi connectivity index (χ3v) is 7.34. The van der Waals surface area contributed by atoms with Crippen LogP contribution < -0.4 is 4.90 Å². The van der Waals surface area contributed by atoms with Gasteiger partial charge in [-0.3, -0.25) is 0 Å². The number of hydrogen-bond donors (Lipinski definition) is 0. The molecule has 0 aromatic heterocycles. The van der Waals surface area contributed by atoms with E-state index < -0.39 is 0 Å². The Kier molecular flexibility index (Phi) is 22.0. The summed E-state index contributed by atoms with van der Waals surface area (Å²) in [6.07, 6.45) is 10.7. The van der Waals surface area contributed by atoms with E-state index in [-0.39, 0.29) is 0 Å². The molecule has 1 nitrogen and oxygen atoms in total. The van der Waals surface area contributed by atoms with Gasteiger partial charge in [-0.25, -0.2) is 0 Å². The highest BCUT2D eigenvalue weighted by atomic mass is 15.1. The zero-order chi connectivity index (χ0) is 34.6. The molecular weight excluding hydrogens is 530 g/mol. The Hall–Kier alpha value is -3.06. The van der Waals surface area contributed by atoms with Crippen LogP contribution in [0.15, 0.2) is 85.0 Å². The lowest BCUT2D eigenvalue weighted by atomic mass is 9.68. The molecule has 2 aliphatic rings. The van der Waals surface area contributed by atoms with Crippen LogP contribution in [0.5, 0.6) is 0 Å². The summed E-state index contributed by atoms with van der Waals surface area (Å²) in [4.78, 5) is 2.16. The van der Waals surface area contributed by atoms with E-state index >= 15 is 0 Å². The van der Waals surface area contributed by atoms with Crippen molar-refractivity contribution in [2.75, 3.05) is 19.0 Å². The Morgan fingerprint density at radius 3 is 1.80 bits per heavy atom. The van der Waals surface area contributed by atoms with Gasteiger partial charge in [-0.05, 0) is 100 Å². The van der Waals surface area contributed by atoms with E-state index in [0.717, 1.165) is 12.8 Å². The van der Waals surface area contributed by atoms with E-state index in [0.29, 0.717) is 11.3 Å². The zero-order valence-corrected chi connectivity index (χ0v) is 31.7. The topological polar surface area (TPSA) is 3.24 Å². The lowest BCUT2D eigenvalue weighted by Gasteiger charge is -2.36. The molecule has 1 unspecified atom stereocenters. The van der Waals surface area contributed by atoms with Crippen LogP contribution in [0.25, 0.3) is 11.6 Å². The van der Waals surface area contributed by atoms with Gasteiger partial charge >= 0.3 is 0 Å². The number of allylic oxidation sites excluding steroid dienone is 5. The number of fused-ring (bicyclic) bond motifs is 4. The normalized spacial score (nSPS) is 14.0. The summed E-state index contributed by atoms with van der Waals surface area (Å²) in [5.41, 5.74) is 13.7. The quantitative estimate of drug-likeness (QED) is 0.316. The monoisotopic (exact) mass is 600 g/mol. The molecule has 1 heteroatoms. The van der Waals surface area contributed by atoms with Crippen molar-refractivity contribution in [2.24, 2.45) is 5.41 Å². The van der Waals surface area contributed by atoms with Crippen LogP contribution in [0.3, 0.4) is 0 Å². The number of hydrogen-bond acceptors (Lipinski definition) is 1. The van der Waals surface area contributed by atoms with Crippen LogP contribution in [0.2, 0.25) is 0 Å². The maximum Gasteiger partial charge on any atom is 0.0364 e. The molecule has 2 bridgehead atoms. The highest BCUT2D eigenvalue weighted by molar-refractivity contribution is 5.91. The molecule has 0 radical (unpaired) electrons. The van der Waals surface area contributed by atoms with Gasteiger partial charge in [0.15, 0.2) is 0 Å². The summed E-state index contributed by atoms with van der Waals surface area (Å²) < 4.78 is 0. The Labute approximate surface area is 275 Å². The summed E-state index contributed by atoms with van der Waals surface area (Å²) in [5, 5.41) is 0. The fourth-order valence-electron chi connectivity index (χ4n) is 4.47. The van der Waals surface area contributed by atoms with Crippen molar-refractivity contribution in [1.82, 2.24) is 0 Å². The Bertz CT molecular complexity index is 1210. The number of aryl methyl sites for hydroxylation is 1. The van der Waals surface area contributed by atoms with Crippen molar-refractivity contribution in [1.29, 1.82) is 0 Å². The number of rotatable bonds is 4. The second-order valence-corrected chi connectivity index (χ2v) is 12.3. The molecule has 0 spiro atoms. The highest BCUT2D eigenvalue weighted by Crippen LogP contribution is 2.50. The molecule has 0 fully saturated rings. The minimum atomic E-state index is 0.391. The molecule has 2 aromatic rings. The molecule has 0 N–H and O–H groups in total. The number of nitrogens with zero attached hydrogens (tertiary/aromatic N) is 1. The summed E-state index contributed by atoms with van der Waals surface area (Å²) >= 11 is 0. The molecule has 0 saturated heterocycles. The highest BCUT2D eigenvalue weighted by Gasteiger charge is 2.32. The minimum absolute atomic E-state index is 0.391. The third-order valence-electron chi connectivity index (χ3n) is 7.34. The van der Waals surface area contributed by atoms with Crippen LogP contribution in [-0.2, 0) is 0 Å². The zero-order valence-electron chi connectivity index (χ0n) is 31.7. The summed E-state index contributed by atoms with van der Waals surface area (Å²) in [6.45, 7) is 39.5. The fourth-order valence-corrected chi connectivity index (χ4v) is 4.47. The minimum Gasteiger partial charge on any atom is -0.378 e. The summed E-state index contributed by atoms with van der Waals surface area (Å²) in [7, 11) is 4.18. The standard InChI is InChI=1S/C26H27N.C6H14.C4H8.C3H8.2C2H6/c1-7-19-8-10-22-23-15-24(17(3)12-16(23)2)26(25(22)14-19)21-11-9-20(27(5)6)13-18(21)4;1-5-6(2,3)4;1-3-4-2;1-3-2;2*1-2/h7-14,23H,1-2,15H2,3-6H3;5H2,1-4H3;3H,1,4H2,2H3;3H2,1-2H3;2*1-2H3. The van der Waals surface area contributed by atoms with Crippen molar-refractivity contribution in [3.05, 3.63) is 113 Å². The van der Waals surface area contributed by atoms with E-state index in [2.05, 4.69) is 144 Å². The van der Waals surface area contributed by atoms with Crippen molar-refractivity contribution >= 4 is 17.3 Å². The Morgan fingerprint density at radius 1 is 0.864 bits per heavy atom. The molecule has 0 heterocycles. The van der Waals surface area contributed by atoms with Crippen molar-refractivity contribution < 1.29 is 0 Å². The first-order chi connectivity index (χ1) is 20.8. The van der Waals surface area contributed by atoms with Crippen molar-refractivity contribution in [2.45, 2.75) is 122 Å². The first-order valence-corrected chi connectivity index (χ1v) is 17.1. The second kappa shape index (κ2) is 22.4. The SMILES string of the molecule is C=CCC.C=Cc1ccc2c(c1)C(c1ccc(N(C)C)cc1C)=C1CC2C(=C)C=C1C.CC.CC.CCC.CCC(C)(C)C. The molecular formula is C43H69N. The van der Waals surface area contributed by atoms with Crippen LogP contribution in [0, 0.1) is 12.3 Å². The van der Waals surface area contributed by atoms with Gasteiger partial charge in [0.05, 0.1) is 0 Å². The van der Waals surface area contributed by atoms with Gasteiger partial charge in [-0.2, -0.15) is 0 Å². The van der Waals surface area contributed by atoms with Gasteiger partial charge in [-0.15, -0.1) is 6.58 Å². The lowest BCUT2D eigenvalue weighted by Crippen LogP contribution is -2.18. The second-order valence-electron chi connectivity index (χ2n) is 12.3. The van der Waals surface area contributed by atoms with Crippen LogP contribution in [-0.4, -0.2) is 14.1 Å². The van der Waals surface area contributed by atoms with Crippen LogP contribution in [0.4, 0.5) is 5.69 Å². The average Bonchev–Trinajstić information content (AvgIpc) is 3.02. The first-order valence-electron chi connectivity index (χ1n) is 17.1. The lowest BCUT2D eigenvalue weighted by molar-refractivity contribution is 0.398. The fraction of sp³-hybridized carbons (Fsp3) is 0.488. The molecule has 4 rings (SSSR count). The first kappa shape index (κ1) is 43.1. The molecule has 246 valence electrons. The van der Waals surface area contributed by atoms with Gasteiger partial charge < -0.3 is 4.90 Å². The predicted molar refractivity (Wildman–Crippen MR) is 207 cm³/mol. The van der Waals surface area contributed by atoms with E-state index in [9.17, 15) is 0 Å².